The van der Waals surface area contributed by atoms with E-state index in [-0.39, 0.29) is 0 Å². The van der Waals surface area contributed by atoms with Gasteiger partial charge < -0.3 is 10.1 Å². The minimum atomic E-state index is 0.383. The van der Waals surface area contributed by atoms with Gasteiger partial charge in [-0.05, 0) is 34.8 Å². The molecule has 0 radical (unpaired) electrons. The smallest absolute Gasteiger partial charge is 0.143 e. The molecule has 0 spiro atoms. The summed E-state index contributed by atoms with van der Waals surface area (Å²) in [6, 6.07) is 2.32. The van der Waals surface area contributed by atoms with Crippen molar-refractivity contribution >= 4 is 33.2 Å². The maximum Gasteiger partial charge on any atom is 0.143 e. The highest BCUT2D eigenvalue weighted by atomic mass is 79.9. The van der Waals surface area contributed by atoms with Crippen LogP contribution in [0.1, 0.15) is 12.8 Å². The van der Waals surface area contributed by atoms with Crippen molar-refractivity contribution in [2.24, 2.45) is 0 Å². The maximum atomic E-state index is 5.81. The van der Waals surface area contributed by atoms with Crippen LogP contribution < -0.4 is 5.32 Å². The Balaban J connectivity index is 2.00. The number of hydrogen-bond donors (Lipinski definition) is 1. The highest BCUT2D eigenvalue weighted by Crippen LogP contribution is 2.24. The summed E-state index contributed by atoms with van der Waals surface area (Å²) in [5, 5.41) is 3.86. The molecule has 1 aliphatic heterocycles. The van der Waals surface area contributed by atoms with Gasteiger partial charge >= 0.3 is 0 Å². The summed E-state index contributed by atoms with van der Waals surface area (Å²) >= 11 is 9.16. The highest BCUT2D eigenvalue weighted by Gasteiger charge is 2.13. The van der Waals surface area contributed by atoms with Crippen molar-refractivity contribution in [3.8, 4) is 0 Å². The van der Waals surface area contributed by atoms with Crippen LogP contribution in [0.4, 0.5) is 5.69 Å². The molecule has 82 valence electrons. The monoisotopic (exact) mass is 290 g/mol. The number of nitrogens with zero attached hydrogens (tertiary/aromatic N) is 1. The zero-order valence-corrected chi connectivity index (χ0v) is 10.5. The molecule has 5 heteroatoms. The van der Waals surface area contributed by atoms with Crippen molar-refractivity contribution in [3.05, 3.63) is 21.9 Å². The molecular formula is C10H12BrClN2O. The number of ether oxygens (including phenoxy) is 1. The third-order valence-electron chi connectivity index (χ3n) is 2.33. The lowest BCUT2D eigenvalue weighted by molar-refractivity contribution is 0.0876. The summed E-state index contributed by atoms with van der Waals surface area (Å²) < 4.78 is 6.20. The van der Waals surface area contributed by atoms with E-state index in [2.05, 4.69) is 26.2 Å². The molecule has 2 heterocycles. The summed E-state index contributed by atoms with van der Waals surface area (Å²) in [7, 11) is 0. The van der Waals surface area contributed by atoms with Gasteiger partial charge in [-0.2, -0.15) is 0 Å². The number of anilines is 1. The van der Waals surface area contributed by atoms with Crippen molar-refractivity contribution in [3.63, 3.8) is 0 Å². The van der Waals surface area contributed by atoms with E-state index in [1.807, 2.05) is 6.07 Å². The van der Waals surface area contributed by atoms with Crippen molar-refractivity contribution in [2.45, 2.75) is 18.9 Å². The number of hydrogen-bond acceptors (Lipinski definition) is 3. The van der Waals surface area contributed by atoms with Gasteiger partial charge in [-0.3, -0.25) is 0 Å². The second-order valence-corrected chi connectivity index (χ2v) is 4.77. The predicted octanol–water partition coefficient (Wildman–Crippen LogP) is 3.09. The van der Waals surface area contributed by atoms with E-state index in [1.54, 1.807) is 6.20 Å². The molecule has 1 aliphatic rings. The molecule has 15 heavy (non-hydrogen) atoms. The molecule has 0 aliphatic carbocycles. The number of aromatic nitrogens is 1. The Morgan fingerprint density at radius 1 is 1.60 bits per heavy atom. The second kappa shape index (κ2) is 5.14. The zero-order chi connectivity index (χ0) is 10.7. The quantitative estimate of drug-likeness (QED) is 0.850. The fourth-order valence-electron chi connectivity index (χ4n) is 1.59. The summed E-state index contributed by atoms with van der Waals surface area (Å²) in [6.07, 6.45) is 3.99. The lowest BCUT2D eigenvalue weighted by atomic mass is 10.1. The van der Waals surface area contributed by atoms with E-state index in [4.69, 9.17) is 16.3 Å². The average Bonchev–Trinajstić information content (AvgIpc) is 2.25. The molecule has 3 nitrogen and oxygen atoms in total. The van der Waals surface area contributed by atoms with Crippen LogP contribution in [0.3, 0.4) is 0 Å². The molecule has 1 atom stereocenters. The molecule has 1 aromatic heterocycles. The van der Waals surface area contributed by atoms with Crippen LogP contribution in [0.5, 0.6) is 0 Å². The molecule has 0 aromatic carbocycles. The Kier molecular flexibility index (Phi) is 3.83. The Bertz CT molecular complexity index is 342. The molecule has 0 saturated carbocycles. The highest BCUT2D eigenvalue weighted by molar-refractivity contribution is 9.10. The Morgan fingerprint density at radius 3 is 3.13 bits per heavy atom. The van der Waals surface area contributed by atoms with Gasteiger partial charge in [-0.25, -0.2) is 4.98 Å². The van der Waals surface area contributed by atoms with Gasteiger partial charge in [-0.1, -0.05) is 11.6 Å². The summed E-state index contributed by atoms with van der Waals surface area (Å²) in [5.41, 5.74) is 0.974. The normalized spacial score (nSPS) is 21.3. The largest absolute Gasteiger partial charge is 0.379 e. The van der Waals surface area contributed by atoms with E-state index in [1.165, 1.54) is 0 Å². The standard InChI is InChI=1S/C10H12BrClN2O/c11-9-4-8(5-13-10(9)12)14-7-2-1-3-15-6-7/h4-5,7,14H,1-3,6H2. The topological polar surface area (TPSA) is 34.2 Å². The molecular weight excluding hydrogens is 279 g/mol. The van der Waals surface area contributed by atoms with Crippen LogP contribution in [-0.2, 0) is 4.74 Å². The van der Waals surface area contributed by atoms with Crippen LogP contribution >= 0.6 is 27.5 Å². The Morgan fingerprint density at radius 2 is 2.47 bits per heavy atom. The first-order valence-electron chi connectivity index (χ1n) is 4.91. The number of pyridine rings is 1. The molecule has 0 bridgehead atoms. The van der Waals surface area contributed by atoms with Gasteiger partial charge in [0.2, 0.25) is 0 Å². The minimum Gasteiger partial charge on any atom is -0.379 e. The molecule has 1 saturated heterocycles. The maximum absolute atomic E-state index is 5.81. The number of halogens is 2. The Hall–Kier alpha value is -0.320. The first-order valence-corrected chi connectivity index (χ1v) is 6.08. The lowest BCUT2D eigenvalue weighted by Gasteiger charge is -2.24. The Labute approximate surface area is 102 Å². The third kappa shape index (κ3) is 3.06. The fourth-order valence-corrected chi connectivity index (χ4v) is 2.04. The van der Waals surface area contributed by atoms with E-state index in [0.29, 0.717) is 11.2 Å². The molecule has 2 rings (SSSR count). The van der Waals surface area contributed by atoms with Gasteiger partial charge in [0.15, 0.2) is 0 Å². The first-order chi connectivity index (χ1) is 7.25. The SMILES string of the molecule is Clc1ncc(NC2CCCOC2)cc1Br. The van der Waals surface area contributed by atoms with Crippen molar-refractivity contribution in [1.82, 2.24) is 4.98 Å². The van der Waals surface area contributed by atoms with Crippen LogP contribution in [0.15, 0.2) is 16.7 Å². The molecule has 1 unspecified atom stereocenters. The van der Waals surface area contributed by atoms with Gasteiger partial charge in [-0.15, -0.1) is 0 Å². The third-order valence-corrected chi connectivity index (χ3v) is 3.46. The predicted molar refractivity (Wildman–Crippen MR) is 64.4 cm³/mol. The van der Waals surface area contributed by atoms with Crippen molar-refractivity contribution in [1.29, 1.82) is 0 Å². The van der Waals surface area contributed by atoms with Crippen molar-refractivity contribution in [2.75, 3.05) is 18.5 Å². The number of nitrogens with one attached hydrogen (secondary N) is 1. The van der Waals surface area contributed by atoms with Crippen LogP contribution in [0, 0.1) is 0 Å². The van der Waals surface area contributed by atoms with E-state index in [0.717, 1.165) is 36.2 Å². The molecule has 1 fully saturated rings. The van der Waals surface area contributed by atoms with E-state index >= 15 is 0 Å². The molecule has 1 N–H and O–H groups in total. The fraction of sp³-hybridized carbons (Fsp3) is 0.500. The summed E-state index contributed by atoms with van der Waals surface area (Å²) in [4.78, 5) is 4.06. The van der Waals surface area contributed by atoms with E-state index in [9.17, 15) is 0 Å². The summed E-state index contributed by atoms with van der Waals surface area (Å²) in [5.74, 6) is 0. The average molecular weight is 292 g/mol. The van der Waals surface area contributed by atoms with Gasteiger partial charge in [0, 0.05) is 12.6 Å². The minimum absolute atomic E-state index is 0.383. The van der Waals surface area contributed by atoms with Gasteiger partial charge in [0.1, 0.15) is 5.15 Å². The first kappa shape index (κ1) is 11.2. The second-order valence-electron chi connectivity index (χ2n) is 3.56. The lowest BCUT2D eigenvalue weighted by Crippen LogP contribution is -2.29. The van der Waals surface area contributed by atoms with Gasteiger partial charge in [0.05, 0.1) is 23.0 Å². The molecule has 1 aromatic rings. The number of rotatable bonds is 2. The van der Waals surface area contributed by atoms with Crippen molar-refractivity contribution < 1.29 is 4.74 Å². The van der Waals surface area contributed by atoms with Crippen LogP contribution in [0.25, 0.3) is 0 Å². The van der Waals surface area contributed by atoms with Crippen LogP contribution in [-0.4, -0.2) is 24.2 Å². The molecule has 0 amide bonds. The summed E-state index contributed by atoms with van der Waals surface area (Å²) in [6.45, 7) is 1.64. The van der Waals surface area contributed by atoms with E-state index < -0.39 is 0 Å². The van der Waals surface area contributed by atoms with Gasteiger partial charge in [0.25, 0.3) is 0 Å². The zero-order valence-electron chi connectivity index (χ0n) is 8.17. The van der Waals surface area contributed by atoms with Crippen LogP contribution in [0.2, 0.25) is 5.15 Å².